The average molecular weight is 464 g/mol. The molecule has 0 radical (unpaired) electrons. The lowest BCUT2D eigenvalue weighted by Gasteiger charge is -2.13. The van der Waals surface area contributed by atoms with Gasteiger partial charge in [0.2, 0.25) is 5.91 Å². The maximum Gasteiger partial charge on any atom is 0.331 e. The molecule has 2 heterocycles. The van der Waals surface area contributed by atoms with Gasteiger partial charge in [0.25, 0.3) is 5.56 Å². The van der Waals surface area contributed by atoms with Gasteiger partial charge in [0.15, 0.2) is 0 Å². The maximum atomic E-state index is 13.3. The van der Waals surface area contributed by atoms with E-state index >= 15 is 0 Å². The number of amides is 1. The lowest BCUT2D eigenvalue weighted by atomic mass is 10.1. The predicted octanol–water partition coefficient (Wildman–Crippen LogP) is 3.30. The number of ether oxygens (including phenoxy) is 1. The van der Waals surface area contributed by atoms with Crippen molar-refractivity contribution >= 4 is 27.5 Å². The van der Waals surface area contributed by atoms with E-state index in [2.05, 4.69) is 5.32 Å². The van der Waals surface area contributed by atoms with Crippen molar-refractivity contribution in [1.29, 1.82) is 0 Å². The fraction of sp³-hybridized carbons (Fsp3) is 0.240. The smallest absolute Gasteiger partial charge is 0.331 e. The van der Waals surface area contributed by atoms with E-state index in [4.69, 9.17) is 4.74 Å². The molecule has 4 rings (SSSR count). The topological polar surface area (TPSA) is 82.3 Å². The van der Waals surface area contributed by atoms with Gasteiger partial charge in [0, 0.05) is 19.5 Å². The highest BCUT2D eigenvalue weighted by atomic mass is 32.1. The van der Waals surface area contributed by atoms with Crippen molar-refractivity contribution in [2.75, 3.05) is 7.11 Å². The van der Waals surface area contributed by atoms with Crippen molar-refractivity contribution in [2.24, 2.45) is 0 Å². The van der Waals surface area contributed by atoms with Crippen LogP contribution < -0.4 is 21.3 Å². The number of fused-ring (bicyclic) bond motifs is 1. The van der Waals surface area contributed by atoms with Crippen LogP contribution in [0.4, 0.5) is 0 Å². The van der Waals surface area contributed by atoms with Crippen LogP contribution in [0.2, 0.25) is 0 Å². The molecule has 0 unspecified atom stereocenters. The fourth-order valence-corrected chi connectivity index (χ4v) is 4.53. The standard InChI is InChI=1S/C25H25N3O4S/c1-17-5-3-4-6-19(17)16-28-21-12-14-33-23(21)24(30)27(25(28)31)13-11-22(29)26-15-18-7-9-20(32-2)10-8-18/h3-10,12,14H,11,13,15-16H2,1-2H3,(H,26,29). The van der Waals surface area contributed by atoms with E-state index in [9.17, 15) is 14.4 Å². The number of benzene rings is 2. The first-order valence-electron chi connectivity index (χ1n) is 10.6. The van der Waals surface area contributed by atoms with Gasteiger partial charge in [-0.05, 0) is 47.2 Å². The highest BCUT2D eigenvalue weighted by molar-refractivity contribution is 7.17. The van der Waals surface area contributed by atoms with Gasteiger partial charge in [-0.25, -0.2) is 4.79 Å². The third kappa shape index (κ3) is 4.90. The molecule has 1 N–H and O–H groups in total. The Morgan fingerprint density at radius 2 is 1.79 bits per heavy atom. The van der Waals surface area contributed by atoms with Gasteiger partial charge >= 0.3 is 5.69 Å². The summed E-state index contributed by atoms with van der Waals surface area (Å²) in [6.45, 7) is 2.74. The fourth-order valence-electron chi connectivity index (χ4n) is 3.69. The summed E-state index contributed by atoms with van der Waals surface area (Å²) in [5, 5.41) is 4.65. The van der Waals surface area contributed by atoms with Gasteiger partial charge in [0.1, 0.15) is 10.4 Å². The SMILES string of the molecule is COc1ccc(CNC(=O)CCn2c(=O)c3sccc3n(Cc3ccccc3C)c2=O)cc1. The zero-order valence-electron chi connectivity index (χ0n) is 18.5. The molecule has 170 valence electrons. The molecule has 0 aliphatic heterocycles. The van der Waals surface area contributed by atoms with Crippen LogP contribution in [0, 0.1) is 6.92 Å². The second-order valence-electron chi connectivity index (χ2n) is 7.76. The summed E-state index contributed by atoms with van der Waals surface area (Å²) in [6, 6.07) is 17.1. The predicted molar refractivity (Wildman–Crippen MR) is 130 cm³/mol. The quantitative estimate of drug-likeness (QED) is 0.435. The Hall–Kier alpha value is -3.65. The highest BCUT2D eigenvalue weighted by Gasteiger charge is 2.16. The zero-order chi connectivity index (χ0) is 23.4. The Kier molecular flexibility index (Phi) is 6.74. The van der Waals surface area contributed by atoms with Crippen molar-refractivity contribution in [3.05, 3.63) is 97.5 Å². The minimum atomic E-state index is -0.405. The number of carbonyl (C=O) groups excluding carboxylic acids is 1. The number of methoxy groups -OCH3 is 1. The Balaban J connectivity index is 1.52. The molecular weight excluding hydrogens is 438 g/mol. The van der Waals surface area contributed by atoms with Gasteiger partial charge in [-0.15, -0.1) is 11.3 Å². The molecule has 7 nitrogen and oxygen atoms in total. The van der Waals surface area contributed by atoms with E-state index in [-0.39, 0.29) is 24.4 Å². The van der Waals surface area contributed by atoms with Crippen molar-refractivity contribution in [2.45, 2.75) is 33.0 Å². The molecule has 0 saturated carbocycles. The zero-order valence-corrected chi connectivity index (χ0v) is 19.4. The van der Waals surface area contributed by atoms with E-state index < -0.39 is 5.69 Å². The molecule has 33 heavy (non-hydrogen) atoms. The summed E-state index contributed by atoms with van der Waals surface area (Å²) in [5.74, 6) is 0.518. The Morgan fingerprint density at radius 3 is 2.52 bits per heavy atom. The number of nitrogens with one attached hydrogen (secondary N) is 1. The summed E-state index contributed by atoms with van der Waals surface area (Å²) < 4.78 is 8.43. The second kappa shape index (κ2) is 9.87. The number of rotatable bonds is 8. The van der Waals surface area contributed by atoms with Crippen LogP contribution in [0.15, 0.2) is 69.6 Å². The third-order valence-electron chi connectivity index (χ3n) is 5.64. The minimum Gasteiger partial charge on any atom is -0.497 e. The lowest BCUT2D eigenvalue weighted by Crippen LogP contribution is -2.41. The number of hydrogen-bond donors (Lipinski definition) is 1. The summed E-state index contributed by atoms with van der Waals surface area (Å²) in [4.78, 5) is 38.6. The van der Waals surface area contributed by atoms with Gasteiger partial charge in [0.05, 0.1) is 19.2 Å². The van der Waals surface area contributed by atoms with Crippen LogP contribution in [-0.2, 0) is 24.4 Å². The molecule has 1 amide bonds. The van der Waals surface area contributed by atoms with Crippen LogP contribution in [0.25, 0.3) is 10.2 Å². The molecule has 4 aromatic rings. The van der Waals surface area contributed by atoms with Gasteiger partial charge < -0.3 is 10.1 Å². The number of thiophene rings is 1. The van der Waals surface area contributed by atoms with Crippen molar-refractivity contribution in [3.8, 4) is 5.75 Å². The van der Waals surface area contributed by atoms with Gasteiger partial charge in [-0.3, -0.25) is 18.7 Å². The van der Waals surface area contributed by atoms with Crippen LogP contribution >= 0.6 is 11.3 Å². The van der Waals surface area contributed by atoms with Gasteiger partial charge in [-0.1, -0.05) is 36.4 Å². The molecular formula is C25H25N3O4S. The normalized spacial score (nSPS) is 11.0. The average Bonchev–Trinajstić information content (AvgIpc) is 3.32. The number of aromatic nitrogens is 2. The molecule has 0 fully saturated rings. The van der Waals surface area contributed by atoms with Crippen LogP contribution in [0.1, 0.15) is 23.1 Å². The van der Waals surface area contributed by atoms with E-state index in [1.165, 1.54) is 15.9 Å². The summed E-state index contributed by atoms with van der Waals surface area (Å²) in [5.41, 5.74) is 2.88. The second-order valence-corrected chi connectivity index (χ2v) is 8.68. The van der Waals surface area contributed by atoms with Crippen molar-refractivity contribution < 1.29 is 9.53 Å². The molecule has 0 bridgehead atoms. The summed E-state index contributed by atoms with van der Waals surface area (Å²) in [6.07, 6.45) is 0.0343. The molecule has 2 aromatic heterocycles. The maximum absolute atomic E-state index is 13.3. The van der Waals surface area contributed by atoms with Crippen molar-refractivity contribution in [1.82, 2.24) is 14.5 Å². The Bertz CT molecular complexity index is 1400. The molecule has 0 aliphatic rings. The molecule has 0 atom stereocenters. The Morgan fingerprint density at radius 1 is 1.03 bits per heavy atom. The highest BCUT2D eigenvalue weighted by Crippen LogP contribution is 2.17. The first kappa shape index (κ1) is 22.5. The third-order valence-corrected chi connectivity index (χ3v) is 6.53. The number of aryl methyl sites for hydroxylation is 1. The van der Waals surface area contributed by atoms with Crippen molar-refractivity contribution in [3.63, 3.8) is 0 Å². The van der Waals surface area contributed by atoms with Gasteiger partial charge in [-0.2, -0.15) is 0 Å². The van der Waals surface area contributed by atoms with E-state index in [1.807, 2.05) is 60.8 Å². The number of hydrogen-bond acceptors (Lipinski definition) is 5. The molecule has 0 spiro atoms. The molecule has 0 aliphatic carbocycles. The van der Waals surface area contributed by atoms with E-state index in [1.54, 1.807) is 17.7 Å². The van der Waals surface area contributed by atoms with Crippen LogP contribution in [0.3, 0.4) is 0 Å². The first-order chi connectivity index (χ1) is 16.0. The largest absolute Gasteiger partial charge is 0.497 e. The Labute approximate surface area is 194 Å². The first-order valence-corrected chi connectivity index (χ1v) is 11.5. The van der Waals surface area contributed by atoms with Crippen LogP contribution in [0.5, 0.6) is 5.75 Å². The summed E-state index contributed by atoms with van der Waals surface area (Å²) in [7, 11) is 1.60. The minimum absolute atomic E-state index is 0.0216. The lowest BCUT2D eigenvalue weighted by molar-refractivity contribution is -0.121. The summed E-state index contributed by atoms with van der Waals surface area (Å²) >= 11 is 1.31. The van der Waals surface area contributed by atoms with E-state index in [0.29, 0.717) is 23.3 Å². The number of nitrogens with zero attached hydrogens (tertiary/aromatic N) is 2. The molecule has 8 heteroatoms. The molecule has 2 aromatic carbocycles. The number of carbonyl (C=O) groups is 1. The van der Waals surface area contributed by atoms with Crippen LogP contribution in [-0.4, -0.2) is 22.2 Å². The van der Waals surface area contributed by atoms with E-state index in [0.717, 1.165) is 22.4 Å². The monoisotopic (exact) mass is 463 g/mol. The molecule has 0 saturated heterocycles.